The monoisotopic (exact) mass is 289 g/mol. The van der Waals surface area contributed by atoms with E-state index in [9.17, 15) is 4.79 Å². The van der Waals surface area contributed by atoms with Crippen molar-refractivity contribution in [1.82, 2.24) is 4.90 Å². The molecule has 1 aromatic rings. The molecule has 3 rings (SSSR count). The number of rotatable bonds is 4. The molecule has 0 bridgehead atoms. The number of aryl methyl sites for hydroxylation is 1. The predicted octanol–water partition coefficient (Wildman–Crippen LogP) is 2.23. The van der Waals surface area contributed by atoms with Gasteiger partial charge >= 0.3 is 0 Å². The predicted molar refractivity (Wildman–Crippen MR) is 79.8 cm³/mol. The lowest BCUT2D eigenvalue weighted by molar-refractivity contribution is -0.136. The van der Waals surface area contributed by atoms with Crippen LogP contribution in [0.4, 0.5) is 0 Å². The van der Waals surface area contributed by atoms with Crippen LogP contribution in [0.1, 0.15) is 24.8 Å². The number of hydrogen-bond acceptors (Lipinski definition) is 3. The topological polar surface area (TPSA) is 38.8 Å². The SMILES string of the molecule is O=C(CCc1ccccc1)N1CCC(C2OCCO2)CC1. The van der Waals surface area contributed by atoms with Crippen LogP contribution in [-0.2, 0) is 20.7 Å². The largest absolute Gasteiger partial charge is 0.350 e. The van der Waals surface area contributed by atoms with Gasteiger partial charge in [0.2, 0.25) is 5.91 Å². The quantitative estimate of drug-likeness (QED) is 0.853. The molecule has 2 aliphatic rings. The van der Waals surface area contributed by atoms with Crippen LogP contribution in [0.3, 0.4) is 0 Å². The fourth-order valence-corrected chi connectivity index (χ4v) is 3.12. The van der Waals surface area contributed by atoms with E-state index in [0.717, 1.165) is 32.4 Å². The van der Waals surface area contributed by atoms with Crippen LogP contribution in [0.2, 0.25) is 0 Å². The van der Waals surface area contributed by atoms with Crippen molar-refractivity contribution in [2.45, 2.75) is 32.0 Å². The summed E-state index contributed by atoms with van der Waals surface area (Å²) in [5.41, 5.74) is 1.23. The number of hydrogen-bond donors (Lipinski definition) is 0. The minimum absolute atomic E-state index is 0.0356. The summed E-state index contributed by atoms with van der Waals surface area (Å²) in [6.45, 7) is 3.09. The number of likely N-dealkylation sites (tertiary alicyclic amines) is 1. The zero-order valence-corrected chi connectivity index (χ0v) is 12.4. The number of nitrogens with zero attached hydrogens (tertiary/aromatic N) is 1. The molecular formula is C17H23NO3. The fourth-order valence-electron chi connectivity index (χ4n) is 3.12. The molecule has 2 aliphatic heterocycles. The zero-order valence-electron chi connectivity index (χ0n) is 12.4. The molecule has 0 aliphatic carbocycles. The van der Waals surface area contributed by atoms with Crippen LogP contribution in [-0.4, -0.2) is 43.4 Å². The minimum Gasteiger partial charge on any atom is -0.350 e. The maximum absolute atomic E-state index is 12.3. The van der Waals surface area contributed by atoms with Gasteiger partial charge in [0.1, 0.15) is 0 Å². The summed E-state index contributed by atoms with van der Waals surface area (Å²) in [6, 6.07) is 10.2. The summed E-state index contributed by atoms with van der Waals surface area (Å²) in [6.07, 6.45) is 3.37. The van der Waals surface area contributed by atoms with E-state index in [2.05, 4.69) is 12.1 Å². The van der Waals surface area contributed by atoms with Crippen molar-refractivity contribution in [3.05, 3.63) is 35.9 Å². The van der Waals surface area contributed by atoms with Gasteiger partial charge in [-0.1, -0.05) is 30.3 Å². The van der Waals surface area contributed by atoms with Gasteiger partial charge in [0, 0.05) is 25.4 Å². The number of ether oxygens (including phenoxy) is 2. The van der Waals surface area contributed by atoms with E-state index < -0.39 is 0 Å². The lowest BCUT2D eigenvalue weighted by Crippen LogP contribution is -2.41. The van der Waals surface area contributed by atoms with Crippen LogP contribution in [0.15, 0.2) is 30.3 Å². The van der Waals surface area contributed by atoms with Gasteiger partial charge in [-0.05, 0) is 24.8 Å². The van der Waals surface area contributed by atoms with Gasteiger partial charge in [0.15, 0.2) is 6.29 Å². The first-order valence-electron chi connectivity index (χ1n) is 7.88. The van der Waals surface area contributed by atoms with Crippen molar-refractivity contribution in [3.8, 4) is 0 Å². The van der Waals surface area contributed by atoms with Crippen molar-refractivity contribution in [2.75, 3.05) is 26.3 Å². The highest BCUT2D eigenvalue weighted by Crippen LogP contribution is 2.26. The van der Waals surface area contributed by atoms with Crippen LogP contribution >= 0.6 is 0 Å². The van der Waals surface area contributed by atoms with Crippen molar-refractivity contribution < 1.29 is 14.3 Å². The Morgan fingerprint density at radius 1 is 1.10 bits per heavy atom. The van der Waals surface area contributed by atoms with Gasteiger partial charge in [-0.2, -0.15) is 0 Å². The molecule has 1 aromatic carbocycles. The third-order valence-corrected chi connectivity index (χ3v) is 4.40. The minimum atomic E-state index is -0.0356. The molecule has 0 saturated carbocycles. The van der Waals surface area contributed by atoms with E-state index in [1.54, 1.807) is 0 Å². The highest BCUT2D eigenvalue weighted by Gasteiger charge is 2.31. The van der Waals surface area contributed by atoms with E-state index in [0.29, 0.717) is 25.6 Å². The Morgan fingerprint density at radius 3 is 2.43 bits per heavy atom. The summed E-state index contributed by atoms with van der Waals surface area (Å²) in [7, 11) is 0. The second kappa shape index (κ2) is 7.05. The van der Waals surface area contributed by atoms with Crippen LogP contribution in [0.25, 0.3) is 0 Å². The molecule has 2 fully saturated rings. The number of carbonyl (C=O) groups excluding carboxylic acids is 1. The van der Waals surface area contributed by atoms with Gasteiger partial charge in [-0.15, -0.1) is 0 Å². The smallest absolute Gasteiger partial charge is 0.222 e. The number of carbonyl (C=O) groups is 1. The molecule has 0 spiro atoms. The molecule has 21 heavy (non-hydrogen) atoms. The van der Waals surface area contributed by atoms with Gasteiger partial charge in [0.25, 0.3) is 0 Å². The Morgan fingerprint density at radius 2 is 1.76 bits per heavy atom. The van der Waals surface area contributed by atoms with Gasteiger partial charge in [-0.3, -0.25) is 4.79 Å². The molecule has 4 nitrogen and oxygen atoms in total. The van der Waals surface area contributed by atoms with Crippen molar-refractivity contribution in [2.24, 2.45) is 5.92 Å². The maximum Gasteiger partial charge on any atom is 0.222 e. The molecule has 1 amide bonds. The molecule has 0 aromatic heterocycles. The highest BCUT2D eigenvalue weighted by atomic mass is 16.7. The summed E-state index contributed by atoms with van der Waals surface area (Å²) in [4.78, 5) is 14.3. The molecule has 4 heteroatoms. The molecule has 2 saturated heterocycles. The average Bonchev–Trinajstić information content (AvgIpc) is 3.08. The summed E-state index contributed by atoms with van der Waals surface area (Å²) in [5.74, 6) is 0.719. The molecule has 0 N–H and O–H groups in total. The lowest BCUT2D eigenvalue weighted by atomic mass is 9.95. The van der Waals surface area contributed by atoms with Gasteiger partial charge in [-0.25, -0.2) is 0 Å². The molecule has 0 unspecified atom stereocenters. The van der Waals surface area contributed by atoms with Crippen molar-refractivity contribution in [1.29, 1.82) is 0 Å². The van der Waals surface area contributed by atoms with Crippen LogP contribution < -0.4 is 0 Å². The number of benzene rings is 1. The van der Waals surface area contributed by atoms with Crippen LogP contribution in [0, 0.1) is 5.92 Å². The van der Waals surface area contributed by atoms with E-state index >= 15 is 0 Å². The van der Waals surface area contributed by atoms with Crippen molar-refractivity contribution >= 4 is 5.91 Å². The van der Waals surface area contributed by atoms with Crippen LogP contribution in [0.5, 0.6) is 0 Å². The molecule has 0 radical (unpaired) electrons. The van der Waals surface area contributed by atoms with E-state index in [1.807, 2.05) is 23.1 Å². The Hall–Kier alpha value is -1.39. The molecule has 2 heterocycles. The third kappa shape index (κ3) is 3.83. The summed E-state index contributed by atoms with van der Waals surface area (Å²) in [5, 5.41) is 0. The number of piperidine rings is 1. The summed E-state index contributed by atoms with van der Waals surface area (Å²) >= 11 is 0. The highest BCUT2D eigenvalue weighted by molar-refractivity contribution is 5.76. The Labute approximate surface area is 126 Å². The Kier molecular flexibility index (Phi) is 4.88. The first kappa shape index (κ1) is 14.5. The zero-order chi connectivity index (χ0) is 14.5. The molecule has 0 atom stereocenters. The van der Waals surface area contributed by atoms with E-state index in [4.69, 9.17) is 9.47 Å². The standard InChI is InChI=1S/C17H23NO3/c19-16(7-6-14-4-2-1-3-5-14)18-10-8-15(9-11-18)17-20-12-13-21-17/h1-5,15,17H,6-13H2. The maximum atomic E-state index is 12.3. The van der Waals surface area contributed by atoms with E-state index in [-0.39, 0.29) is 12.2 Å². The first-order chi connectivity index (χ1) is 10.3. The van der Waals surface area contributed by atoms with E-state index in [1.165, 1.54) is 5.56 Å². The summed E-state index contributed by atoms with van der Waals surface area (Å²) < 4.78 is 11.1. The van der Waals surface area contributed by atoms with Gasteiger partial charge < -0.3 is 14.4 Å². The fraction of sp³-hybridized carbons (Fsp3) is 0.588. The Balaban J connectivity index is 1.42. The lowest BCUT2D eigenvalue weighted by Gasteiger charge is -2.34. The average molecular weight is 289 g/mol. The first-order valence-corrected chi connectivity index (χ1v) is 7.88. The van der Waals surface area contributed by atoms with Crippen molar-refractivity contribution in [3.63, 3.8) is 0 Å². The Bertz CT molecular complexity index is 448. The second-order valence-electron chi connectivity index (χ2n) is 5.81. The molecular weight excluding hydrogens is 266 g/mol. The third-order valence-electron chi connectivity index (χ3n) is 4.40. The van der Waals surface area contributed by atoms with Gasteiger partial charge in [0.05, 0.1) is 13.2 Å². The molecule has 114 valence electrons. The second-order valence-corrected chi connectivity index (χ2v) is 5.81. The normalized spacial score (nSPS) is 20.9. The number of amides is 1.